The number of hydrogen-bond donors (Lipinski definition) is 0. The molecule has 0 N–H and O–H groups in total. The number of pyridine rings is 1. The summed E-state index contributed by atoms with van der Waals surface area (Å²) in [6.45, 7) is 0.570. The molecular weight excluding hydrogens is 358 g/mol. The van der Waals surface area contributed by atoms with Crippen LogP contribution in [-0.4, -0.2) is 36.6 Å². The molecule has 1 aliphatic rings. The van der Waals surface area contributed by atoms with Crippen molar-refractivity contribution in [3.05, 3.63) is 71.9 Å². The van der Waals surface area contributed by atoms with Crippen LogP contribution in [0.4, 0.5) is 0 Å². The van der Waals surface area contributed by atoms with Crippen LogP contribution >= 0.6 is 0 Å². The van der Waals surface area contributed by atoms with E-state index in [9.17, 15) is 9.59 Å². The molecule has 4 rings (SSSR count). The van der Waals surface area contributed by atoms with E-state index in [4.69, 9.17) is 14.2 Å². The molecule has 28 heavy (non-hydrogen) atoms. The van der Waals surface area contributed by atoms with Crippen LogP contribution in [0.1, 0.15) is 15.9 Å². The highest BCUT2D eigenvalue weighted by Gasteiger charge is 2.15. The number of ether oxygens (including phenoxy) is 3. The summed E-state index contributed by atoms with van der Waals surface area (Å²) in [4.78, 5) is 28.6. The highest BCUT2D eigenvalue weighted by Crippen LogP contribution is 2.30. The van der Waals surface area contributed by atoms with Crippen molar-refractivity contribution in [2.45, 2.75) is 0 Å². The van der Waals surface area contributed by atoms with Gasteiger partial charge >= 0.3 is 5.97 Å². The first-order valence-corrected chi connectivity index (χ1v) is 8.82. The van der Waals surface area contributed by atoms with Gasteiger partial charge in [-0.15, -0.1) is 0 Å². The zero-order valence-electron chi connectivity index (χ0n) is 15.0. The lowest BCUT2D eigenvalue weighted by molar-refractivity contribution is -0.136. The van der Waals surface area contributed by atoms with Gasteiger partial charge in [0.15, 0.2) is 23.9 Å². The Morgan fingerprint density at radius 1 is 1.04 bits per heavy atom. The SMILES string of the molecule is O=C(/C=C/c1cccc2cccnc12)OCC(=O)c1ccc2c(c1)OCCO2. The first-order valence-electron chi connectivity index (χ1n) is 8.82. The number of hydrogen-bond acceptors (Lipinski definition) is 6. The lowest BCUT2D eigenvalue weighted by Crippen LogP contribution is -2.17. The Balaban J connectivity index is 1.39. The smallest absolute Gasteiger partial charge is 0.331 e. The van der Waals surface area contributed by atoms with Crippen molar-refractivity contribution in [1.82, 2.24) is 4.98 Å². The molecule has 0 radical (unpaired) electrons. The van der Waals surface area contributed by atoms with E-state index in [2.05, 4.69) is 4.98 Å². The molecule has 0 saturated carbocycles. The summed E-state index contributed by atoms with van der Waals surface area (Å²) in [5, 5.41) is 0.979. The van der Waals surface area contributed by atoms with Crippen LogP contribution < -0.4 is 9.47 Å². The van der Waals surface area contributed by atoms with E-state index in [1.165, 1.54) is 6.08 Å². The van der Waals surface area contributed by atoms with Gasteiger partial charge in [-0.25, -0.2) is 4.79 Å². The fourth-order valence-corrected chi connectivity index (χ4v) is 2.91. The Bertz CT molecular complexity index is 1070. The number of fused-ring (bicyclic) bond motifs is 2. The summed E-state index contributed by atoms with van der Waals surface area (Å²) in [7, 11) is 0. The fraction of sp³-hybridized carbons (Fsp3) is 0.136. The molecule has 2 aromatic carbocycles. The van der Waals surface area contributed by atoms with Crippen molar-refractivity contribution in [2.75, 3.05) is 19.8 Å². The Hall–Kier alpha value is -3.67. The van der Waals surface area contributed by atoms with Crippen molar-refractivity contribution in [1.29, 1.82) is 0 Å². The summed E-state index contributed by atoms with van der Waals surface area (Å²) in [5.74, 6) is 0.211. The molecule has 0 atom stereocenters. The number of para-hydroxylation sites is 1. The average molecular weight is 375 g/mol. The van der Waals surface area contributed by atoms with Gasteiger partial charge in [0.05, 0.1) is 5.52 Å². The molecule has 1 aromatic heterocycles. The van der Waals surface area contributed by atoms with Gasteiger partial charge in [-0.05, 0) is 30.3 Å². The third-order valence-electron chi connectivity index (χ3n) is 4.27. The highest BCUT2D eigenvalue weighted by atomic mass is 16.6. The van der Waals surface area contributed by atoms with Gasteiger partial charge in [0.25, 0.3) is 0 Å². The summed E-state index contributed by atoms with van der Waals surface area (Å²) >= 11 is 0. The molecule has 0 unspecified atom stereocenters. The molecule has 0 spiro atoms. The molecule has 0 fully saturated rings. The second-order valence-corrected chi connectivity index (χ2v) is 6.15. The van der Waals surface area contributed by atoms with E-state index in [-0.39, 0.29) is 12.4 Å². The number of esters is 1. The van der Waals surface area contributed by atoms with Crippen molar-refractivity contribution < 1.29 is 23.8 Å². The van der Waals surface area contributed by atoms with Crippen LogP contribution in [0.5, 0.6) is 11.5 Å². The van der Waals surface area contributed by atoms with Crippen LogP contribution in [0, 0.1) is 0 Å². The van der Waals surface area contributed by atoms with Crippen LogP contribution in [-0.2, 0) is 9.53 Å². The number of rotatable bonds is 5. The minimum Gasteiger partial charge on any atom is -0.486 e. The molecule has 6 nitrogen and oxygen atoms in total. The number of carbonyl (C=O) groups is 2. The third-order valence-corrected chi connectivity index (χ3v) is 4.27. The van der Waals surface area contributed by atoms with E-state index >= 15 is 0 Å². The van der Waals surface area contributed by atoms with E-state index in [0.29, 0.717) is 30.3 Å². The molecule has 1 aliphatic heterocycles. The molecule has 140 valence electrons. The molecule has 0 bridgehead atoms. The monoisotopic (exact) mass is 375 g/mol. The van der Waals surface area contributed by atoms with Crippen LogP contribution in [0.25, 0.3) is 17.0 Å². The maximum absolute atomic E-state index is 12.3. The molecule has 3 aromatic rings. The van der Waals surface area contributed by atoms with Gasteiger partial charge < -0.3 is 14.2 Å². The quantitative estimate of drug-likeness (QED) is 0.386. The van der Waals surface area contributed by atoms with Crippen molar-refractivity contribution in [3.8, 4) is 11.5 Å². The molecule has 6 heteroatoms. The largest absolute Gasteiger partial charge is 0.486 e. The van der Waals surface area contributed by atoms with Crippen LogP contribution in [0.2, 0.25) is 0 Å². The maximum Gasteiger partial charge on any atom is 0.331 e. The summed E-state index contributed by atoms with van der Waals surface area (Å²) < 4.78 is 16.0. The number of carbonyl (C=O) groups excluding carboxylic acids is 2. The number of benzene rings is 2. The number of aromatic nitrogens is 1. The predicted molar refractivity (Wildman–Crippen MR) is 103 cm³/mol. The summed E-state index contributed by atoms with van der Waals surface area (Å²) in [6.07, 6.45) is 4.62. The second-order valence-electron chi connectivity index (χ2n) is 6.15. The minimum absolute atomic E-state index is 0.314. The van der Waals surface area contributed by atoms with Crippen LogP contribution in [0.15, 0.2) is 60.8 Å². The highest BCUT2D eigenvalue weighted by molar-refractivity contribution is 5.99. The van der Waals surface area contributed by atoms with Gasteiger partial charge in [-0.3, -0.25) is 9.78 Å². The Kier molecular flexibility index (Phi) is 5.01. The number of ketones is 1. The Morgan fingerprint density at radius 2 is 1.86 bits per heavy atom. The molecule has 0 amide bonds. The second kappa shape index (κ2) is 7.92. The molecule has 2 heterocycles. The lowest BCUT2D eigenvalue weighted by Gasteiger charge is -2.18. The zero-order chi connectivity index (χ0) is 19.3. The predicted octanol–water partition coefficient (Wildman–Crippen LogP) is 3.45. The summed E-state index contributed by atoms with van der Waals surface area (Å²) in [5.41, 5.74) is 1.99. The zero-order valence-corrected chi connectivity index (χ0v) is 15.0. The van der Waals surface area contributed by atoms with E-state index in [1.54, 1.807) is 30.5 Å². The van der Waals surface area contributed by atoms with Gasteiger partial charge in [0.2, 0.25) is 0 Å². The first-order chi connectivity index (χ1) is 13.7. The number of nitrogens with zero attached hydrogens (tertiary/aromatic N) is 1. The molecular formula is C22H17NO5. The van der Waals surface area contributed by atoms with E-state index in [0.717, 1.165) is 16.5 Å². The van der Waals surface area contributed by atoms with Crippen molar-refractivity contribution in [3.63, 3.8) is 0 Å². The van der Waals surface area contributed by atoms with Crippen molar-refractivity contribution in [2.24, 2.45) is 0 Å². The van der Waals surface area contributed by atoms with Gasteiger partial charge in [-0.1, -0.05) is 24.3 Å². The van der Waals surface area contributed by atoms with Gasteiger partial charge in [0, 0.05) is 28.8 Å². The topological polar surface area (TPSA) is 74.7 Å². The number of Topliss-reactive ketones (excluding diaryl/α,β-unsaturated/α-hetero) is 1. The van der Waals surface area contributed by atoms with Crippen LogP contribution in [0.3, 0.4) is 0 Å². The van der Waals surface area contributed by atoms with Gasteiger partial charge in [-0.2, -0.15) is 0 Å². The fourth-order valence-electron chi connectivity index (χ4n) is 2.91. The van der Waals surface area contributed by atoms with E-state index in [1.807, 2.05) is 30.3 Å². The van der Waals surface area contributed by atoms with Crippen molar-refractivity contribution >= 4 is 28.7 Å². The summed E-state index contributed by atoms with van der Waals surface area (Å²) in [6, 6.07) is 14.4. The van der Waals surface area contributed by atoms with Gasteiger partial charge in [0.1, 0.15) is 13.2 Å². The average Bonchev–Trinajstić information content (AvgIpc) is 2.75. The Morgan fingerprint density at radius 3 is 2.75 bits per heavy atom. The van der Waals surface area contributed by atoms with E-state index < -0.39 is 5.97 Å². The molecule has 0 aliphatic carbocycles. The standard InChI is InChI=1S/C22H17NO5/c24-18(17-6-8-19-20(13-17)27-12-11-26-19)14-28-21(25)9-7-16-4-1-3-15-5-2-10-23-22(15)16/h1-10,13H,11-12,14H2/b9-7+. The maximum atomic E-state index is 12.3. The normalized spacial score (nSPS) is 12.9. The third kappa shape index (κ3) is 3.86. The Labute approximate surface area is 161 Å². The minimum atomic E-state index is -0.598. The lowest BCUT2D eigenvalue weighted by atomic mass is 10.1. The first kappa shape index (κ1) is 17.7. The molecule has 0 saturated heterocycles.